The molecule has 0 aliphatic heterocycles. The van der Waals surface area contributed by atoms with Crippen LogP contribution in [-0.4, -0.2) is 18.1 Å². The van der Waals surface area contributed by atoms with Gasteiger partial charge in [0.1, 0.15) is 5.52 Å². The Balaban J connectivity index is 2.54. The summed E-state index contributed by atoms with van der Waals surface area (Å²) in [5.74, 6) is -0.377. The monoisotopic (exact) mass is 177 g/mol. The second-order valence-corrected chi connectivity index (χ2v) is 2.53. The van der Waals surface area contributed by atoms with Gasteiger partial charge in [0.05, 0.1) is 12.7 Å². The molecular weight excluding hydrogens is 170 g/mol. The lowest BCUT2D eigenvalue weighted by Gasteiger charge is -1.96. The number of esters is 1. The number of benzene rings is 1. The molecule has 4 nitrogen and oxygen atoms in total. The first-order chi connectivity index (χ1) is 6.31. The van der Waals surface area contributed by atoms with Crippen molar-refractivity contribution in [2.75, 3.05) is 7.11 Å². The first-order valence-corrected chi connectivity index (χ1v) is 3.73. The molecule has 0 N–H and O–H groups in total. The summed E-state index contributed by atoms with van der Waals surface area (Å²) in [6.45, 7) is 0. The van der Waals surface area contributed by atoms with Crippen LogP contribution in [0.5, 0.6) is 0 Å². The maximum atomic E-state index is 11.1. The third-order valence-electron chi connectivity index (χ3n) is 1.75. The minimum absolute atomic E-state index is 0.377. The Labute approximate surface area is 74.1 Å². The van der Waals surface area contributed by atoms with Gasteiger partial charge in [0.2, 0.25) is 0 Å². The average molecular weight is 177 g/mol. The van der Waals surface area contributed by atoms with Crippen LogP contribution in [0, 0.1) is 0 Å². The summed E-state index contributed by atoms with van der Waals surface area (Å²) in [6, 6.07) is 4.97. The Kier molecular flexibility index (Phi) is 1.73. The quantitative estimate of drug-likeness (QED) is 0.621. The lowest BCUT2D eigenvalue weighted by molar-refractivity contribution is 0.0601. The van der Waals surface area contributed by atoms with Gasteiger partial charge in [0.15, 0.2) is 12.0 Å². The van der Waals surface area contributed by atoms with Crippen molar-refractivity contribution in [3.05, 3.63) is 30.2 Å². The minimum atomic E-state index is -0.377. The molecule has 66 valence electrons. The summed E-state index contributed by atoms with van der Waals surface area (Å²) in [4.78, 5) is 15.0. The van der Waals surface area contributed by atoms with Crippen molar-refractivity contribution in [1.82, 2.24) is 4.98 Å². The van der Waals surface area contributed by atoms with Crippen LogP contribution in [0.3, 0.4) is 0 Å². The molecule has 0 saturated carbocycles. The van der Waals surface area contributed by atoms with E-state index in [1.807, 2.05) is 0 Å². The number of aromatic nitrogens is 1. The molecule has 2 aromatic rings. The predicted molar refractivity (Wildman–Crippen MR) is 45.3 cm³/mol. The molecule has 2 rings (SSSR count). The molecule has 0 radical (unpaired) electrons. The van der Waals surface area contributed by atoms with Gasteiger partial charge in [-0.3, -0.25) is 0 Å². The second kappa shape index (κ2) is 2.90. The van der Waals surface area contributed by atoms with Gasteiger partial charge in [-0.1, -0.05) is 0 Å². The fourth-order valence-corrected chi connectivity index (χ4v) is 1.10. The molecule has 13 heavy (non-hydrogen) atoms. The van der Waals surface area contributed by atoms with E-state index in [1.165, 1.54) is 13.5 Å². The number of carbonyl (C=O) groups is 1. The minimum Gasteiger partial charge on any atom is -0.465 e. The van der Waals surface area contributed by atoms with Crippen LogP contribution in [-0.2, 0) is 4.74 Å². The lowest BCUT2D eigenvalue weighted by Crippen LogP contribution is -2.00. The van der Waals surface area contributed by atoms with Crippen molar-refractivity contribution < 1.29 is 13.9 Å². The number of fused-ring (bicyclic) bond motifs is 1. The van der Waals surface area contributed by atoms with Crippen LogP contribution in [0.1, 0.15) is 10.4 Å². The zero-order valence-corrected chi connectivity index (χ0v) is 6.98. The lowest BCUT2D eigenvalue weighted by atomic mass is 10.2. The Bertz CT molecular complexity index is 447. The van der Waals surface area contributed by atoms with Gasteiger partial charge in [-0.05, 0) is 18.2 Å². The standard InChI is InChI=1S/C9H7NO3/c1-12-9(11)6-2-3-7-8(4-6)13-5-10-7/h2-5H,1H3. The van der Waals surface area contributed by atoms with Crippen molar-refractivity contribution in [2.24, 2.45) is 0 Å². The summed E-state index contributed by atoms with van der Waals surface area (Å²) in [5.41, 5.74) is 1.78. The van der Waals surface area contributed by atoms with Gasteiger partial charge in [0, 0.05) is 0 Å². The first-order valence-electron chi connectivity index (χ1n) is 3.73. The normalized spacial score (nSPS) is 10.2. The largest absolute Gasteiger partial charge is 0.465 e. The third-order valence-corrected chi connectivity index (χ3v) is 1.75. The summed E-state index contributed by atoms with van der Waals surface area (Å²) < 4.78 is 9.60. The van der Waals surface area contributed by atoms with Crippen LogP contribution in [0.25, 0.3) is 11.1 Å². The van der Waals surface area contributed by atoms with Crippen LogP contribution < -0.4 is 0 Å². The van der Waals surface area contributed by atoms with Gasteiger partial charge in [0.25, 0.3) is 0 Å². The highest BCUT2D eigenvalue weighted by atomic mass is 16.5. The van der Waals surface area contributed by atoms with E-state index >= 15 is 0 Å². The SMILES string of the molecule is COC(=O)c1ccc2ncoc2c1. The van der Waals surface area contributed by atoms with Gasteiger partial charge < -0.3 is 9.15 Å². The summed E-state index contributed by atoms with van der Waals surface area (Å²) in [7, 11) is 1.34. The summed E-state index contributed by atoms with van der Waals surface area (Å²) in [5, 5.41) is 0. The molecule has 0 atom stereocenters. The van der Waals surface area contributed by atoms with Gasteiger partial charge in [-0.15, -0.1) is 0 Å². The van der Waals surface area contributed by atoms with E-state index in [0.29, 0.717) is 11.1 Å². The number of rotatable bonds is 1. The van der Waals surface area contributed by atoms with E-state index in [1.54, 1.807) is 18.2 Å². The fourth-order valence-electron chi connectivity index (χ4n) is 1.10. The van der Waals surface area contributed by atoms with Crippen molar-refractivity contribution in [2.45, 2.75) is 0 Å². The van der Waals surface area contributed by atoms with Crippen molar-refractivity contribution in [3.63, 3.8) is 0 Å². The third kappa shape index (κ3) is 1.26. The highest BCUT2D eigenvalue weighted by Gasteiger charge is 2.07. The molecule has 1 aromatic carbocycles. The molecule has 0 unspecified atom stereocenters. The van der Waals surface area contributed by atoms with E-state index < -0.39 is 0 Å². The number of methoxy groups -OCH3 is 1. The Morgan fingerprint density at radius 1 is 1.54 bits per heavy atom. The Morgan fingerprint density at radius 2 is 2.38 bits per heavy atom. The summed E-state index contributed by atoms with van der Waals surface area (Å²) in [6.07, 6.45) is 1.34. The van der Waals surface area contributed by atoms with Crippen molar-refractivity contribution >= 4 is 17.1 Å². The predicted octanol–water partition coefficient (Wildman–Crippen LogP) is 1.61. The molecular formula is C9H7NO3. The molecule has 0 bridgehead atoms. The molecule has 0 spiro atoms. The summed E-state index contributed by atoms with van der Waals surface area (Å²) >= 11 is 0. The molecule has 0 fully saturated rings. The second-order valence-electron chi connectivity index (χ2n) is 2.53. The zero-order chi connectivity index (χ0) is 9.26. The number of nitrogens with zero attached hydrogens (tertiary/aromatic N) is 1. The fraction of sp³-hybridized carbons (Fsp3) is 0.111. The number of hydrogen-bond acceptors (Lipinski definition) is 4. The van der Waals surface area contributed by atoms with E-state index in [9.17, 15) is 4.79 Å². The molecule has 0 aliphatic carbocycles. The molecule has 1 heterocycles. The van der Waals surface area contributed by atoms with Crippen LogP contribution in [0.2, 0.25) is 0 Å². The first kappa shape index (κ1) is 7.79. The van der Waals surface area contributed by atoms with Crippen LogP contribution >= 0.6 is 0 Å². The van der Waals surface area contributed by atoms with Crippen LogP contribution in [0.15, 0.2) is 29.0 Å². The highest BCUT2D eigenvalue weighted by Crippen LogP contribution is 2.14. The van der Waals surface area contributed by atoms with E-state index in [-0.39, 0.29) is 5.97 Å². The maximum absolute atomic E-state index is 11.1. The maximum Gasteiger partial charge on any atom is 0.337 e. The van der Waals surface area contributed by atoms with Gasteiger partial charge >= 0.3 is 5.97 Å². The number of hydrogen-bond donors (Lipinski definition) is 0. The van der Waals surface area contributed by atoms with Gasteiger partial charge in [-0.2, -0.15) is 0 Å². The van der Waals surface area contributed by atoms with E-state index in [2.05, 4.69) is 9.72 Å². The zero-order valence-electron chi connectivity index (χ0n) is 6.98. The smallest absolute Gasteiger partial charge is 0.337 e. The Hall–Kier alpha value is -1.84. The Morgan fingerprint density at radius 3 is 3.15 bits per heavy atom. The highest BCUT2D eigenvalue weighted by molar-refractivity contribution is 5.92. The van der Waals surface area contributed by atoms with Crippen molar-refractivity contribution in [3.8, 4) is 0 Å². The van der Waals surface area contributed by atoms with Gasteiger partial charge in [-0.25, -0.2) is 9.78 Å². The van der Waals surface area contributed by atoms with Crippen LogP contribution in [0.4, 0.5) is 0 Å². The van der Waals surface area contributed by atoms with E-state index in [4.69, 9.17) is 4.42 Å². The van der Waals surface area contributed by atoms with Crippen molar-refractivity contribution in [1.29, 1.82) is 0 Å². The number of carbonyl (C=O) groups excluding carboxylic acids is 1. The molecule has 0 saturated heterocycles. The molecule has 0 aliphatic rings. The topological polar surface area (TPSA) is 52.3 Å². The molecule has 0 amide bonds. The average Bonchev–Trinajstić information content (AvgIpc) is 2.63. The molecule has 4 heteroatoms. The number of oxazole rings is 1. The van der Waals surface area contributed by atoms with E-state index in [0.717, 1.165) is 5.52 Å². The molecule has 1 aromatic heterocycles. The number of ether oxygens (including phenoxy) is 1.